The Balaban J connectivity index is 2.52. The van der Waals surface area contributed by atoms with Crippen LogP contribution >= 0.6 is 11.8 Å². The van der Waals surface area contributed by atoms with Crippen molar-refractivity contribution in [1.29, 1.82) is 5.26 Å². The molecule has 0 aliphatic carbocycles. The van der Waals surface area contributed by atoms with E-state index in [-0.39, 0.29) is 24.1 Å². The lowest BCUT2D eigenvalue weighted by atomic mass is 10.2. The second kappa shape index (κ2) is 5.82. The van der Waals surface area contributed by atoms with Crippen molar-refractivity contribution < 1.29 is 13.2 Å². The average Bonchev–Trinajstić information content (AvgIpc) is 2.27. The van der Waals surface area contributed by atoms with E-state index < -0.39 is 5.51 Å². The lowest BCUT2D eigenvalue weighted by Crippen LogP contribution is -2.21. The molecule has 0 fully saturated rings. The van der Waals surface area contributed by atoms with Crippen LogP contribution in [0, 0.1) is 11.3 Å². The fourth-order valence-corrected chi connectivity index (χ4v) is 1.84. The molecule has 0 bridgehead atoms. The summed E-state index contributed by atoms with van der Waals surface area (Å²) in [6, 6.07) is 8.77. The van der Waals surface area contributed by atoms with Gasteiger partial charge in [-0.05, 0) is 30.0 Å². The highest BCUT2D eigenvalue weighted by Gasteiger charge is 2.27. The van der Waals surface area contributed by atoms with Crippen LogP contribution in [-0.4, -0.2) is 24.9 Å². The van der Waals surface area contributed by atoms with Gasteiger partial charge in [0.15, 0.2) is 0 Å². The number of nitriles is 1. The third-order valence-corrected chi connectivity index (χ3v) is 2.82. The third kappa shape index (κ3) is 5.00. The van der Waals surface area contributed by atoms with E-state index in [1.165, 1.54) is 0 Å². The topological polar surface area (TPSA) is 27.0 Å². The molecule has 0 heterocycles. The Bertz CT molecular complexity index is 412. The number of anilines is 1. The van der Waals surface area contributed by atoms with E-state index in [0.29, 0.717) is 5.56 Å². The smallest absolute Gasteiger partial charge is 0.374 e. The highest BCUT2D eigenvalue weighted by Crippen LogP contribution is 2.30. The maximum atomic E-state index is 11.9. The van der Waals surface area contributed by atoms with Crippen molar-refractivity contribution in [1.82, 2.24) is 0 Å². The van der Waals surface area contributed by atoms with E-state index in [1.54, 1.807) is 36.2 Å². The van der Waals surface area contributed by atoms with Gasteiger partial charge in [0.2, 0.25) is 0 Å². The van der Waals surface area contributed by atoms with Crippen LogP contribution in [0.5, 0.6) is 0 Å². The number of nitrogens with zero attached hydrogens (tertiary/aromatic N) is 2. The number of hydrogen-bond acceptors (Lipinski definition) is 3. The molecule has 2 nitrogen and oxygen atoms in total. The number of hydrogen-bond donors (Lipinski definition) is 0. The molecule has 0 aliphatic heterocycles. The van der Waals surface area contributed by atoms with Crippen molar-refractivity contribution >= 4 is 17.4 Å². The maximum absolute atomic E-state index is 11.9. The van der Waals surface area contributed by atoms with Crippen LogP contribution in [0.25, 0.3) is 0 Å². The zero-order chi connectivity index (χ0) is 12.9. The van der Waals surface area contributed by atoms with Crippen LogP contribution in [0.3, 0.4) is 0 Å². The average molecular weight is 260 g/mol. The molecule has 0 aliphatic rings. The second-order valence-electron chi connectivity index (χ2n) is 3.38. The zero-order valence-corrected chi connectivity index (χ0v) is 9.98. The fourth-order valence-electron chi connectivity index (χ4n) is 1.24. The van der Waals surface area contributed by atoms with Gasteiger partial charge in [0.25, 0.3) is 0 Å². The van der Waals surface area contributed by atoms with Crippen LogP contribution in [0.15, 0.2) is 24.3 Å². The minimum atomic E-state index is -4.19. The Morgan fingerprint density at radius 2 is 2.12 bits per heavy atom. The van der Waals surface area contributed by atoms with Crippen LogP contribution in [0.4, 0.5) is 18.9 Å². The Kier molecular flexibility index (Phi) is 4.70. The van der Waals surface area contributed by atoms with E-state index in [0.717, 1.165) is 5.69 Å². The van der Waals surface area contributed by atoms with Crippen molar-refractivity contribution in [3.8, 4) is 6.07 Å². The third-order valence-electron chi connectivity index (χ3n) is 2.11. The number of benzene rings is 1. The molecule has 1 aromatic carbocycles. The molecule has 0 atom stereocenters. The molecule has 92 valence electrons. The summed E-state index contributed by atoms with van der Waals surface area (Å²) in [6.45, 7) is 0.277. The van der Waals surface area contributed by atoms with E-state index in [2.05, 4.69) is 0 Å². The Labute approximate surface area is 102 Å². The quantitative estimate of drug-likeness (QED) is 0.831. The molecular weight excluding hydrogens is 249 g/mol. The molecule has 0 amide bonds. The van der Waals surface area contributed by atoms with Crippen molar-refractivity contribution in [2.24, 2.45) is 0 Å². The summed E-state index contributed by atoms with van der Waals surface area (Å²) in [5.74, 6) is -0.0310. The molecule has 0 aromatic heterocycles. The number of rotatable bonds is 4. The van der Waals surface area contributed by atoms with Crippen LogP contribution in [-0.2, 0) is 0 Å². The monoisotopic (exact) mass is 260 g/mol. The van der Waals surface area contributed by atoms with Gasteiger partial charge < -0.3 is 4.90 Å². The van der Waals surface area contributed by atoms with Gasteiger partial charge in [-0.15, -0.1) is 0 Å². The Morgan fingerprint density at radius 1 is 1.41 bits per heavy atom. The maximum Gasteiger partial charge on any atom is 0.441 e. The molecule has 1 aromatic rings. The van der Waals surface area contributed by atoms with Crippen LogP contribution in [0.2, 0.25) is 0 Å². The number of thioether (sulfide) groups is 1. The summed E-state index contributed by atoms with van der Waals surface area (Å²) in [7, 11) is 1.70. The van der Waals surface area contributed by atoms with E-state index in [9.17, 15) is 13.2 Å². The Morgan fingerprint density at radius 3 is 2.71 bits per heavy atom. The molecule has 0 unspecified atom stereocenters. The van der Waals surface area contributed by atoms with Crippen molar-refractivity contribution in [3.63, 3.8) is 0 Å². The molecule has 0 saturated heterocycles. The molecule has 0 spiro atoms. The summed E-state index contributed by atoms with van der Waals surface area (Å²) in [4.78, 5) is 1.69. The van der Waals surface area contributed by atoms with Gasteiger partial charge in [-0.3, -0.25) is 0 Å². The van der Waals surface area contributed by atoms with Crippen LogP contribution in [0.1, 0.15) is 5.56 Å². The van der Waals surface area contributed by atoms with Crippen molar-refractivity contribution in [2.75, 3.05) is 24.2 Å². The standard InChI is InChI=1S/C11H11F3N2S/c1-16(5-6-17-11(12,13)14)10-4-2-3-9(7-10)8-15/h2-4,7H,5-6H2,1H3. The molecule has 17 heavy (non-hydrogen) atoms. The first kappa shape index (κ1) is 13.7. The highest BCUT2D eigenvalue weighted by molar-refractivity contribution is 8.00. The van der Waals surface area contributed by atoms with Gasteiger partial charge in [-0.2, -0.15) is 18.4 Å². The fraction of sp³-hybridized carbons (Fsp3) is 0.364. The van der Waals surface area contributed by atoms with Gasteiger partial charge in [-0.25, -0.2) is 0 Å². The number of alkyl halides is 3. The van der Waals surface area contributed by atoms with Gasteiger partial charge in [-0.1, -0.05) is 6.07 Å². The Hall–Kier alpha value is -1.35. The summed E-state index contributed by atoms with van der Waals surface area (Å²) in [5, 5.41) is 8.71. The van der Waals surface area contributed by atoms with Crippen molar-refractivity contribution in [3.05, 3.63) is 29.8 Å². The minimum absolute atomic E-state index is 0.0310. The van der Waals surface area contributed by atoms with Gasteiger partial charge in [0.1, 0.15) is 0 Å². The number of halogens is 3. The predicted molar refractivity (Wildman–Crippen MR) is 62.9 cm³/mol. The lowest BCUT2D eigenvalue weighted by Gasteiger charge is -2.19. The first-order valence-electron chi connectivity index (χ1n) is 4.84. The molecule has 1 rings (SSSR count). The van der Waals surface area contributed by atoms with Crippen LogP contribution < -0.4 is 4.90 Å². The summed E-state index contributed by atoms with van der Waals surface area (Å²) < 4.78 is 35.8. The molecule has 6 heteroatoms. The molecule has 0 radical (unpaired) electrons. The van der Waals surface area contributed by atoms with Crippen molar-refractivity contribution in [2.45, 2.75) is 5.51 Å². The summed E-state index contributed by atoms with van der Waals surface area (Å²) in [5.41, 5.74) is -2.94. The largest absolute Gasteiger partial charge is 0.441 e. The predicted octanol–water partition coefficient (Wildman–Crippen LogP) is 3.25. The van der Waals surface area contributed by atoms with E-state index in [4.69, 9.17) is 5.26 Å². The zero-order valence-electron chi connectivity index (χ0n) is 9.16. The highest BCUT2D eigenvalue weighted by atomic mass is 32.2. The van der Waals surface area contributed by atoms with E-state index >= 15 is 0 Å². The van der Waals surface area contributed by atoms with Gasteiger partial charge in [0, 0.05) is 25.0 Å². The van der Waals surface area contributed by atoms with E-state index in [1.807, 2.05) is 6.07 Å². The first-order chi connectivity index (χ1) is 7.92. The normalized spacial score (nSPS) is 11.0. The second-order valence-corrected chi connectivity index (χ2v) is 4.54. The summed E-state index contributed by atoms with van der Waals surface area (Å²) >= 11 is -0.0402. The lowest BCUT2D eigenvalue weighted by molar-refractivity contribution is -0.0327. The summed E-state index contributed by atoms with van der Waals surface area (Å²) in [6.07, 6.45) is 0. The minimum Gasteiger partial charge on any atom is -0.374 e. The van der Waals surface area contributed by atoms with Gasteiger partial charge >= 0.3 is 5.51 Å². The molecular formula is C11H11F3N2S. The molecule has 0 N–H and O–H groups in total. The molecule has 0 saturated carbocycles. The van der Waals surface area contributed by atoms with Gasteiger partial charge in [0.05, 0.1) is 11.6 Å². The SMILES string of the molecule is CN(CCSC(F)(F)F)c1cccc(C#N)c1. The first-order valence-corrected chi connectivity index (χ1v) is 5.83.